The Morgan fingerprint density at radius 1 is 1.50 bits per heavy atom. The number of halogens is 1. The molecular formula is C14H17FN2O2S. The van der Waals surface area contributed by atoms with E-state index < -0.39 is 15.8 Å². The second kappa shape index (κ2) is 5.92. The van der Waals surface area contributed by atoms with Crippen molar-refractivity contribution in [3.8, 4) is 11.8 Å². The Kier molecular flexibility index (Phi) is 4.43. The maximum atomic E-state index is 13.9. The molecule has 0 spiro atoms. The maximum absolute atomic E-state index is 13.9. The highest BCUT2D eigenvalue weighted by Crippen LogP contribution is 2.26. The van der Waals surface area contributed by atoms with Gasteiger partial charge in [0.15, 0.2) is 0 Å². The summed E-state index contributed by atoms with van der Waals surface area (Å²) in [7, 11) is -3.63. The van der Waals surface area contributed by atoms with E-state index in [0.717, 1.165) is 18.9 Å². The smallest absolute Gasteiger partial charge is 0.243 e. The first-order valence-electron chi connectivity index (χ1n) is 6.47. The van der Waals surface area contributed by atoms with E-state index in [0.29, 0.717) is 6.54 Å². The molecule has 0 amide bonds. The first-order valence-corrected chi connectivity index (χ1v) is 7.91. The van der Waals surface area contributed by atoms with Crippen molar-refractivity contribution >= 4 is 10.0 Å². The second-order valence-corrected chi connectivity index (χ2v) is 6.65. The third-order valence-electron chi connectivity index (χ3n) is 3.36. The average molecular weight is 296 g/mol. The minimum atomic E-state index is -3.63. The minimum Gasteiger partial charge on any atom is -0.320 e. The van der Waals surface area contributed by atoms with Gasteiger partial charge in [0.2, 0.25) is 10.0 Å². The summed E-state index contributed by atoms with van der Waals surface area (Å²) in [6.45, 7) is 2.48. The summed E-state index contributed by atoms with van der Waals surface area (Å²) in [5.41, 5.74) is 5.38. The van der Waals surface area contributed by atoms with Crippen LogP contribution >= 0.6 is 0 Å². The summed E-state index contributed by atoms with van der Waals surface area (Å²) in [6, 6.07) is 3.76. The Bertz CT molecular complexity index is 661. The molecule has 0 aliphatic carbocycles. The molecule has 1 aromatic carbocycles. The van der Waals surface area contributed by atoms with Crippen LogP contribution in [0.4, 0.5) is 4.39 Å². The highest BCUT2D eigenvalue weighted by atomic mass is 32.2. The van der Waals surface area contributed by atoms with Crippen LogP contribution in [0.15, 0.2) is 23.1 Å². The molecule has 1 heterocycles. The molecule has 0 aromatic heterocycles. The highest BCUT2D eigenvalue weighted by Gasteiger charge is 2.32. The van der Waals surface area contributed by atoms with Gasteiger partial charge in [0, 0.05) is 12.6 Å². The zero-order valence-corrected chi connectivity index (χ0v) is 12.1. The molecule has 1 aliphatic heterocycles. The van der Waals surface area contributed by atoms with Gasteiger partial charge in [0.25, 0.3) is 0 Å². The quantitative estimate of drug-likeness (QED) is 0.837. The predicted molar refractivity (Wildman–Crippen MR) is 74.9 cm³/mol. The van der Waals surface area contributed by atoms with Gasteiger partial charge >= 0.3 is 0 Å². The van der Waals surface area contributed by atoms with E-state index in [1.165, 1.54) is 16.4 Å². The first kappa shape index (κ1) is 15.0. The summed E-state index contributed by atoms with van der Waals surface area (Å²) in [5.74, 6) is 4.47. The lowest BCUT2D eigenvalue weighted by Crippen LogP contribution is -2.33. The number of hydrogen-bond donors (Lipinski definition) is 1. The molecule has 6 heteroatoms. The Morgan fingerprint density at radius 2 is 2.25 bits per heavy atom. The van der Waals surface area contributed by atoms with E-state index in [2.05, 4.69) is 11.8 Å². The van der Waals surface area contributed by atoms with Crippen molar-refractivity contribution in [2.45, 2.75) is 30.7 Å². The molecule has 2 rings (SSSR count). The SMILES string of the molecule is CC1CCCN1S(=O)(=O)c1ccc(C#CCN)c(F)c1. The summed E-state index contributed by atoms with van der Waals surface area (Å²) in [5, 5.41) is 0. The lowest BCUT2D eigenvalue weighted by molar-refractivity contribution is 0.408. The molecule has 2 N–H and O–H groups in total. The molecule has 20 heavy (non-hydrogen) atoms. The Hall–Kier alpha value is -1.42. The van der Waals surface area contributed by atoms with E-state index >= 15 is 0 Å². The van der Waals surface area contributed by atoms with Gasteiger partial charge in [-0.1, -0.05) is 11.8 Å². The van der Waals surface area contributed by atoms with Crippen LogP contribution in [-0.2, 0) is 10.0 Å². The van der Waals surface area contributed by atoms with Gasteiger partial charge in [-0.05, 0) is 38.0 Å². The third kappa shape index (κ3) is 2.85. The van der Waals surface area contributed by atoms with Crippen molar-refractivity contribution in [3.05, 3.63) is 29.6 Å². The van der Waals surface area contributed by atoms with Crippen molar-refractivity contribution in [1.82, 2.24) is 4.31 Å². The molecule has 0 saturated carbocycles. The fourth-order valence-electron chi connectivity index (χ4n) is 2.30. The van der Waals surface area contributed by atoms with E-state index in [-0.39, 0.29) is 23.0 Å². The van der Waals surface area contributed by atoms with Crippen LogP contribution in [0.3, 0.4) is 0 Å². The van der Waals surface area contributed by atoms with E-state index in [1.54, 1.807) is 0 Å². The number of benzene rings is 1. The molecule has 0 bridgehead atoms. The predicted octanol–water partition coefficient (Wildman–Crippen LogP) is 1.31. The second-order valence-electron chi connectivity index (χ2n) is 4.75. The number of sulfonamides is 1. The van der Waals surface area contributed by atoms with Crippen LogP contribution < -0.4 is 5.73 Å². The normalized spacial score (nSPS) is 19.6. The lowest BCUT2D eigenvalue weighted by Gasteiger charge is -2.20. The minimum absolute atomic E-state index is 0.0259. The molecule has 1 atom stereocenters. The maximum Gasteiger partial charge on any atom is 0.243 e. The largest absolute Gasteiger partial charge is 0.320 e. The van der Waals surface area contributed by atoms with Crippen molar-refractivity contribution in [2.75, 3.05) is 13.1 Å². The van der Waals surface area contributed by atoms with Crippen molar-refractivity contribution in [2.24, 2.45) is 5.73 Å². The number of nitrogens with two attached hydrogens (primary N) is 1. The van der Waals surface area contributed by atoms with Gasteiger partial charge in [-0.3, -0.25) is 0 Å². The standard InChI is InChI=1S/C14H17FN2O2S/c1-11-4-3-9-17(11)20(18,19)13-7-6-12(5-2-8-16)14(15)10-13/h6-7,10-11H,3-4,8-9,16H2,1H3. The number of rotatable bonds is 2. The fourth-order valence-corrected chi connectivity index (χ4v) is 4.02. The fraction of sp³-hybridized carbons (Fsp3) is 0.429. The van der Waals surface area contributed by atoms with Crippen molar-refractivity contribution < 1.29 is 12.8 Å². The van der Waals surface area contributed by atoms with Gasteiger partial charge in [-0.15, -0.1) is 0 Å². The van der Waals surface area contributed by atoms with E-state index in [1.807, 2.05) is 6.92 Å². The van der Waals surface area contributed by atoms with E-state index in [9.17, 15) is 12.8 Å². The summed E-state index contributed by atoms with van der Waals surface area (Å²) < 4.78 is 40.1. The van der Waals surface area contributed by atoms with Crippen LogP contribution in [-0.4, -0.2) is 31.9 Å². The molecular weight excluding hydrogens is 279 g/mol. The zero-order chi connectivity index (χ0) is 14.8. The first-order chi connectivity index (χ1) is 9.46. The zero-order valence-electron chi connectivity index (χ0n) is 11.3. The number of hydrogen-bond acceptors (Lipinski definition) is 3. The van der Waals surface area contributed by atoms with Crippen LogP contribution in [0.25, 0.3) is 0 Å². The molecule has 1 fully saturated rings. The lowest BCUT2D eigenvalue weighted by atomic mass is 10.2. The summed E-state index contributed by atoms with van der Waals surface area (Å²) in [6.07, 6.45) is 1.67. The molecule has 1 aromatic rings. The summed E-state index contributed by atoms with van der Waals surface area (Å²) in [4.78, 5) is -0.0259. The van der Waals surface area contributed by atoms with Crippen LogP contribution in [0.5, 0.6) is 0 Å². The van der Waals surface area contributed by atoms with Crippen LogP contribution in [0.2, 0.25) is 0 Å². The average Bonchev–Trinajstić information content (AvgIpc) is 2.84. The highest BCUT2D eigenvalue weighted by molar-refractivity contribution is 7.89. The Labute approximate surface area is 118 Å². The van der Waals surface area contributed by atoms with Gasteiger partial charge in [-0.25, -0.2) is 12.8 Å². The monoisotopic (exact) mass is 296 g/mol. The van der Waals surface area contributed by atoms with E-state index in [4.69, 9.17) is 5.73 Å². The van der Waals surface area contributed by atoms with Crippen LogP contribution in [0.1, 0.15) is 25.3 Å². The summed E-state index contributed by atoms with van der Waals surface area (Å²) >= 11 is 0. The molecule has 1 saturated heterocycles. The Morgan fingerprint density at radius 3 is 2.80 bits per heavy atom. The van der Waals surface area contributed by atoms with Gasteiger partial charge < -0.3 is 5.73 Å². The van der Waals surface area contributed by atoms with Crippen molar-refractivity contribution in [3.63, 3.8) is 0 Å². The Balaban J connectivity index is 2.36. The van der Waals surface area contributed by atoms with Crippen LogP contribution in [0, 0.1) is 17.7 Å². The third-order valence-corrected chi connectivity index (χ3v) is 5.37. The number of nitrogens with zero attached hydrogens (tertiary/aromatic N) is 1. The topological polar surface area (TPSA) is 63.4 Å². The molecule has 1 unspecified atom stereocenters. The van der Waals surface area contributed by atoms with Gasteiger partial charge in [0.05, 0.1) is 17.0 Å². The molecule has 108 valence electrons. The van der Waals surface area contributed by atoms with Crippen molar-refractivity contribution in [1.29, 1.82) is 0 Å². The molecule has 0 radical (unpaired) electrons. The van der Waals surface area contributed by atoms with Gasteiger partial charge in [0.1, 0.15) is 5.82 Å². The molecule has 4 nitrogen and oxygen atoms in total. The van der Waals surface area contributed by atoms with Gasteiger partial charge in [-0.2, -0.15) is 4.31 Å². The molecule has 1 aliphatic rings.